The lowest BCUT2D eigenvalue weighted by Crippen LogP contribution is -2.33. The first kappa shape index (κ1) is 21.0. The number of aliphatic carboxylic acids is 1. The molecule has 1 unspecified atom stereocenters. The van der Waals surface area contributed by atoms with E-state index in [-0.39, 0.29) is 11.8 Å². The van der Waals surface area contributed by atoms with Crippen LogP contribution in [0.25, 0.3) is 0 Å². The molecule has 0 heterocycles. The van der Waals surface area contributed by atoms with Crippen molar-refractivity contribution in [2.24, 2.45) is 0 Å². The molecule has 27 heavy (non-hydrogen) atoms. The van der Waals surface area contributed by atoms with Crippen LogP contribution in [0, 0.1) is 0 Å². The van der Waals surface area contributed by atoms with Crippen molar-refractivity contribution in [2.75, 3.05) is 5.32 Å². The van der Waals surface area contributed by atoms with Crippen molar-refractivity contribution < 1.29 is 14.7 Å². The fourth-order valence-electron chi connectivity index (χ4n) is 2.90. The Kier molecular flexibility index (Phi) is 7.48. The van der Waals surface area contributed by atoms with Crippen molar-refractivity contribution in [3.8, 4) is 0 Å². The van der Waals surface area contributed by atoms with Gasteiger partial charge in [-0.05, 0) is 28.5 Å². The average Bonchev–Trinajstić information content (AvgIpc) is 2.62. The largest absolute Gasteiger partial charge is 0.480 e. The van der Waals surface area contributed by atoms with E-state index in [1.807, 2.05) is 48.5 Å². The van der Waals surface area contributed by atoms with E-state index >= 15 is 0 Å². The minimum absolute atomic E-state index is 0.222. The molecule has 1 amide bonds. The first-order valence-electron chi connectivity index (χ1n) is 9.13. The first-order valence-corrected chi connectivity index (χ1v) is 10.2. The minimum atomic E-state index is -1.16. The zero-order valence-corrected chi connectivity index (χ0v) is 17.0. The Bertz CT molecular complexity index is 761. The fraction of sp³-hybridized carbons (Fsp3) is 0.364. The zero-order valence-electron chi connectivity index (χ0n) is 16.2. The second-order valence-corrected chi connectivity index (χ2v) is 8.22. The molecule has 0 aliphatic carbocycles. The highest BCUT2D eigenvalue weighted by atomic mass is 32.2. The van der Waals surface area contributed by atoms with Gasteiger partial charge in [-0.25, -0.2) is 0 Å². The molecule has 0 fully saturated rings. The van der Waals surface area contributed by atoms with Gasteiger partial charge in [-0.3, -0.25) is 9.59 Å². The van der Waals surface area contributed by atoms with Crippen LogP contribution in [0.2, 0.25) is 0 Å². The van der Waals surface area contributed by atoms with E-state index in [4.69, 9.17) is 0 Å². The van der Waals surface area contributed by atoms with Gasteiger partial charge in [-0.15, -0.1) is 11.8 Å². The zero-order chi connectivity index (χ0) is 20.0. The topological polar surface area (TPSA) is 66.4 Å². The maximum atomic E-state index is 12.8. The van der Waals surface area contributed by atoms with Crippen LogP contribution in [0.1, 0.15) is 56.2 Å². The van der Waals surface area contributed by atoms with Gasteiger partial charge in [0.05, 0.1) is 0 Å². The number of carboxylic acids is 1. The Balaban J connectivity index is 2.23. The molecule has 144 valence electrons. The molecule has 2 aromatic rings. The van der Waals surface area contributed by atoms with Crippen LogP contribution in [0.4, 0.5) is 5.69 Å². The van der Waals surface area contributed by atoms with Crippen LogP contribution in [-0.4, -0.2) is 22.2 Å². The maximum Gasteiger partial charge on any atom is 0.326 e. The normalized spacial score (nSPS) is 12.2. The second-order valence-electron chi connectivity index (χ2n) is 7.12. The molecule has 0 aromatic heterocycles. The summed E-state index contributed by atoms with van der Waals surface area (Å²) in [4.78, 5) is 24.5. The molecule has 1 atom stereocenters. The highest BCUT2D eigenvalue weighted by Crippen LogP contribution is 2.33. The third-order valence-corrected chi connectivity index (χ3v) is 5.59. The average molecular weight is 386 g/mol. The van der Waals surface area contributed by atoms with Gasteiger partial charge in [-0.2, -0.15) is 0 Å². The maximum absolute atomic E-state index is 12.8. The van der Waals surface area contributed by atoms with Crippen LogP contribution >= 0.6 is 11.8 Å². The predicted octanol–water partition coefficient (Wildman–Crippen LogP) is 5.26. The number of thioether (sulfide) groups is 1. The van der Waals surface area contributed by atoms with E-state index in [1.165, 1.54) is 0 Å². The van der Waals surface area contributed by atoms with Gasteiger partial charge in [0.1, 0.15) is 0 Å². The molecule has 0 bridgehead atoms. The fourth-order valence-corrected chi connectivity index (χ4v) is 3.80. The summed E-state index contributed by atoms with van der Waals surface area (Å²) in [6, 6.07) is 15.5. The van der Waals surface area contributed by atoms with E-state index in [2.05, 4.69) is 33.0 Å². The number of nitrogens with one attached hydrogen (secondary N) is 1. The first-order chi connectivity index (χ1) is 12.8. The summed E-state index contributed by atoms with van der Waals surface area (Å²) < 4.78 is 0. The lowest BCUT2D eigenvalue weighted by Gasteiger charge is -2.21. The lowest BCUT2D eigenvalue weighted by atomic mass is 9.92. The molecule has 0 aliphatic heterocycles. The molecule has 2 rings (SSSR count). The SMILES string of the molecule is CC(C)c1cccc(C(C)C)c1NC(=O)C(SCc1ccccc1)C(=O)O. The van der Waals surface area contributed by atoms with Crippen molar-refractivity contribution in [1.82, 2.24) is 0 Å². The number of para-hydroxylation sites is 1. The van der Waals surface area contributed by atoms with Gasteiger partial charge in [0, 0.05) is 11.4 Å². The van der Waals surface area contributed by atoms with Crippen molar-refractivity contribution in [3.05, 3.63) is 65.2 Å². The van der Waals surface area contributed by atoms with Gasteiger partial charge in [0.15, 0.2) is 5.25 Å². The predicted molar refractivity (Wildman–Crippen MR) is 112 cm³/mol. The van der Waals surface area contributed by atoms with Crippen LogP contribution in [-0.2, 0) is 15.3 Å². The number of carbonyl (C=O) groups is 2. The van der Waals surface area contributed by atoms with Crippen molar-refractivity contribution >= 4 is 29.3 Å². The standard InChI is InChI=1S/C22H27NO3S/c1-14(2)17-11-8-12-18(15(3)4)19(17)23-21(24)20(22(25)26)27-13-16-9-6-5-7-10-16/h5-12,14-15,20H,13H2,1-4H3,(H,23,24)(H,25,26). The van der Waals surface area contributed by atoms with E-state index in [1.54, 1.807) is 0 Å². The minimum Gasteiger partial charge on any atom is -0.480 e. The third kappa shape index (κ3) is 5.60. The Morgan fingerprint density at radius 1 is 0.926 bits per heavy atom. The van der Waals surface area contributed by atoms with Crippen molar-refractivity contribution in [1.29, 1.82) is 0 Å². The number of benzene rings is 2. The Morgan fingerprint density at radius 3 is 1.96 bits per heavy atom. The highest BCUT2D eigenvalue weighted by Gasteiger charge is 2.28. The molecular weight excluding hydrogens is 358 g/mol. The van der Waals surface area contributed by atoms with Gasteiger partial charge in [0.2, 0.25) is 5.91 Å². The number of rotatable bonds is 8. The second kappa shape index (κ2) is 9.60. The summed E-state index contributed by atoms with van der Waals surface area (Å²) in [5.74, 6) is -0.702. The Hall–Kier alpha value is -2.27. The molecule has 2 N–H and O–H groups in total. The Morgan fingerprint density at radius 2 is 1.48 bits per heavy atom. The molecule has 2 aromatic carbocycles. The van der Waals surface area contributed by atoms with Crippen LogP contribution < -0.4 is 5.32 Å². The van der Waals surface area contributed by atoms with Crippen LogP contribution in [0.3, 0.4) is 0 Å². The smallest absolute Gasteiger partial charge is 0.326 e. The third-order valence-electron chi connectivity index (χ3n) is 4.34. The lowest BCUT2D eigenvalue weighted by molar-refractivity contribution is -0.138. The number of anilines is 1. The number of hydrogen-bond donors (Lipinski definition) is 2. The van der Waals surface area contributed by atoms with E-state index in [0.717, 1.165) is 34.1 Å². The van der Waals surface area contributed by atoms with E-state index < -0.39 is 17.1 Å². The number of carbonyl (C=O) groups excluding carboxylic acids is 1. The highest BCUT2D eigenvalue weighted by molar-refractivity contribution is 8.00. The number of amides is 1. The molecule has 0 spiro atoms. The Labute approximate surface area is 165 Å². The van der Waals surface area contributed by atoms with Gasteiger partial charge >= 0.3 is 5.97 Å². The van der Waals surface area contributed by atoms with Crippen molar-refractivity contribution in [3.63, 3.8) is 0 Å². The van der Waals surface area contributed by atoms with Crippen LogP contribution in [0.5, 0.6) is 0 Å². The summed E-state index contributed by atoms with van der Waals surface area (Å²) in [7, 11) is 0. The molecule has 0 saturated heterocycles. The van der Waals surface area contributed by atoms with Crippen LogP contribution in [0.15, 0.2) is 48.5 Å². The number of carboxylic acid groups (broad SMARTS) is 1. The van der Waals surface area contributed by atoms with Gasteiger partial charge < -0.3 is 10.4 Å². The molecule has 4 nitrogen and oxygen atoms in total. The van der Waals surface area contributed by atoms with E-state index in [9.17, 15) is 14.7 Å². The monoisotopic (exact) mass is 385 g/mol. The summed E-state index contributed by atoms with van der Waals surface area (Å²) >= 11 is 1.13. The summed E-state index contributed by atoms with van der Waals surface area (Å²) in [6.07, 6.45) is 0. The van der Waals surface area contributed by atoms with E-state index in [0.29, 0.717) is 5.75 Å². The molecule has 0 radical (unpaired) electrons. The number of hydrogen-bond acceptors (Lipinski definition) is 3. The summed E-state index contributed by atoms with van der Waals surface area (Å²) in [5.41, 5.74) is 3.78. The molecule has 5 heteroatoms. The quantitative estimate of drug-likeness (QED) is 0.608. The molecular formula is C22H27NO3S. The molecule has 0 aliphatic rings. The van der Waals surface area contributed by atoms with Crippen molar-refractivity contribution in [2.45, 2.75) is 50.5 Å². The molecule has 0 saturated carbocycles. The summed E-state index contributed by atoms with van der Waals surface area (Å²) in [6.45, 7) is 8.25. The van der Waals surface area contributed by atoms with Gasteiger partial charge in [0.25, 0.3) is 0 Å². The van der Waals surface area contributed by atoms with Gasteiger partial charge in [-0.1, -0.05) is 76.2 Å². The summed E-state index contributed by atoms with van der Waals surface area (Å²) in [5, 5.41) is 11.3.